The van der Waals surface area contributed by atoms with Gasteiger partial charge in [-0.05, 0) is 37.3 Å². The minimum atomic E-state index is -0.283. The van der Waals surface area contributed by atoms with Gasteiger partial charge in [-0.3, -0.25) is 14.5 Å². The smallest absolute Gasteiger partial charge is 0.261 e. The molecule has 0 aromatic heterocycles. The van der Waals surface area contributed by atoms with Crippen molar-refractivity contribution in [2.75, 3.05) is 6.54 Å². The quantitative estimate of drug-likeness (QED) is 0.824. The maximum Gasteiger partial charge on any atom is 0.261 e. The zero-order valence-corrected chi connectivity index (χ0v) is 10.7. The molecule has 4 heteroatoms. The minimum Gasteiger partial charge on any atom is -0.393 e. The molecule has 1 heterocycles. The third-order valence-electron chi connectivity index (χ3n) is 4.07. The van der Waals surface area contributed by atoms with Gasteiger partial charge in [-0.1, -0.05) is 18.6 Å². The lowest BCUT2D eigenvalue weighted by atomic mass is 9.87. The molecule has 0 unspecified atom stereocenters. The molecule has 1 aromatic carbocycles. The standard InChI is InChI=1S/C15H17NO3/c17-11-5-3-4-10(8-11)9-16-14(18)12-6-1-2-7-13(12)15(16)19/h1-2,6-7,10-11,17H,3-5,8-9H2/t10-,11+/m0/s1. The van der Waals surface area contributed by atoms with E-state index in [2.05, 4.69) is 0 Å². The second kappa shape index (κ2) is 4.78. The van der Waals surface area contributed by atoms with Gasteiger partial charge in [0.25, 0.3) is 11.8 Å². The number of amides is 2. The number of aliphatic hydroxyl groups is 1. The molecule has 1 aliphatic heterocycles. The van der Waals surface area contributed by atoms with Crippen LogP contribution < -0.4 is 0 Å². The Morgan fingerprint density at radius 1 is 1.11 bits per heavy atom. The van der Waals surface area contributed by atoms with E-state index in [0.717, 1.165) is 19.3 Å². The lowest BCUT2D eigenvalue weighted by Crippen LogP contribution is -2.37. The Bertz CT molecular complexity index is 491. The molecule has 1 saturated carbocycles. The lowest BCUT2D eigenvalue weighted by Gasteiger charge is -2.28. The minimum absolute atomic E-state index is 0.194. The summed E-state index contributed by atoms with van der Waals surface area (Å²) in [6, 6.07) is 6.95. The highest BCUT2D eigenvalue weighted by molar-refractivity contribution is 6.21. The molecule has 2 aliphatic rings. The Morgan fingerprint density at radius 3 is 2.32 bits per heavy atom. The molecule has 0 spiro atoms. The monoisotopic (exact) mass is 259 g/mol. The summed E-state index contributed by atoms with van der Waals surface area (Å²) in [4.78, 5) is 25.8. The molecule has 1 aromatic rings. The van der Waals surface area contributed by atoms with Crippen LogP contribution in [0.2, 0.25) is 0 Å². The topological polar surface area (TPSA) is 57.6 Å². The molecule has 19 heavy (non-hydrogen) atoms. The van der Waals surface area contributed by atoms with Crippen LogP contribution in [0.3, 0.4) is 0 Å². The first-order chi connectivity index (χ1) is 9.16. The Morgan fingerprint density at radius 2 is 1.74 bits per heavy atom. The van der Waals surface area contributed by atoms with Crippen molar-refractivity contribution in [1.29, 1.82) is 0 Å². The molecule has 0 bridgehead atoms. The summed E-state index contributed by atoms with van der Waals surface area (Å²) in [5.74, 6) is -0.160. The number of hydrogen-bond donors (Lipinski definition) is 1. The molecule has 2 atom stereocenters. The SMILES string of the molecule is O=C1c2ccccc2C(=O)N1C[C@H]1CCC[C@@H](O)C1. The predicted molar refractivity (Wildman–Crippen MR) is 69.8 cm³/mol. The molecular formula is C15H17NO3. The van der Waals surface area contributed by atoms with Gasteiger partial charge in [0.2, 0.25) is 0 Å². The molecule has 1 fully saturated rings. The fourth-order valence-corrected chi connectivity index (χ4v) is 3.09. The van der Waals surface area contributed by atoms with Crippen LogP contribution in [-0.2, 0) is 0 Å². The van der Waals surface area contributed by atoms with Crippen molar-refractivity contribution < 1.29 is 14.7 Å². The molecule has 4 nitrogen and oxygen atoms in total. The normalized spacial score (nSPS) is 26.7. The van der Waals surface area contributed by atoms with Gasteiger partial charge in [-0.15, -0.1) is 0 Å². The molecule has 1 N–H and O–H groups in total. The second-order valence-electron chi connectivity index (χ2n) is 5.45. The lowest BCUT2D eigenvalue weighted by molar-refractivity contribution is 0.0541. The van der Waals surface area contributed by atoms with E-state index in [1.165, 1.54) is 4.90 Å². The van der Waals surface area contributed by atoms with Gasteiger partial charge in [0.1, 0.15) is 0 Å². The van der Waals surface area contributed by atoms with Crippen LogP contribution in [0.4, 0.5) is 0 Å². The Labute approximate surface area is 112 Å². The third-order valence-corrected chi connectivity index (χ3v) is 4.07. The molecule has 100 valence electrons. The van der Waals surface area contributed by atoms with Crippen molar-refractivity contribution >= 4 is 11.8 Å². The van der Waals surface area contributed by atoms with Gasteiger partial charge in [-0.2, -0.15) is 0 Å². The Balaban J connectivity index is 1.77. The summed E-state index contributed by atoms with van der Waals surface area (Å²) in [5.41, 5.74) is 1.01. The van der Waals surface area contributed by atoms with Crippen LogP contribution in [-0.4, -0.2) is 34.5 Å². The number of carbonyl (C=O) groups is 2. The van der Waals surface area contributed by atoms with Crippen molar-refractivity contribution in [3.63, 3.8) is 0 Å². The number of hydrogen-bond acceptors (Lipinski definition) is 3. The van der Waals surface area contributed by atoms with E-state index in [0.29, 0.717) is 24.1 Å². The van der Waals surface area contributed by atoms with E-state index >= 15 is 0 Å². The van der Waals surface area contributed by atoms with E-state index in [-0.39, 0.29) is 23.8 Å². The maximum atomic E-state index is 12.2. The molecule has 0 saturated heterocycles. The van der Waals surface area contributed by atoms with Crippen molar-refractivity contribution in [3.05, 3.63) is 35.4 Å². The van der Waals surface area contributed by atoms with E-state index in [1.807, 2.05) is 0 Å². The van der Waals surface area contributed by atoms with Crippen molar-refractivity contribution in [1.82, 2.24) is 4.90 Å². The van der Waals surface area contributed by atoms with E-state index in [9.17, 15) is 14.7 Å². The van der Waals surface area contributed by atoms with Gasteiger partial charge in [0.15, 0.2) is 0 Å². The maximum absolute atomic E-state index is 12.2. The average molecular weight is 259 g/mol. The van der Waals surface area contributed by atoms with Crippen LogP contribution >= 0.6 is 0 Å². The van der Waals surface area contributed by atoms with Gasteiger partial charge < -0.3 is 5.11 Å². The zero-order valence-electron chi connectivity index (χ0n) is 10.7. The van der Waals surface area contributed by atoms with Crippen LogP contribution in [0.25, 0.3) is 0 Å². The molecule has 3 rings (SSSR count). The molecular weight excluding hydrogens is 242 g/mol. The van der Waals surface area contributed by atoms with Crippen LogP contribution in [0.15, 0.2) is 24.3 Å². The highest BCUT2D eigenvalue weighted by Crippen LogP contribution is 2.29. The first-order valence-corrected chi connectivity index (χ1v) is 6.80. The molecule has 2 amide bonds. The highest BCUT2D eigenvalue weighted by atomic mass is 16.3. The Kier molecular flexibility index (Phi) is 3.11. The number of nitrogens with zero attached hydrogens (tertiary/aromatic N) is 1. The third kappa shape index (κ3) is 2.16. The summed E-state index contributed by atoms with van der Waals surface area (Å²) < 4.78 is 0. The van der Waals surface area contributed by atoms with E-state index in [1.54, 1.807) is 24.3 Å². The fourth-order valence-electron chi connectivity index (χ4n) is 3.09. The van der Waals surface area contributed by atoms with E-state index < -0.39 is 0 Å². The van der Waals surface area contributed by atoms with Crippen LogP contribution in [0.5, 0.6) is 0 Å². The molecule has 0 radical (unpaired) electrons. The number of benzene rings is 1. The van der Waals surface area contributed by atoms with Gasteiger partial charge in [-0.25, -0.2) is 0 Å². The average Bonchev–Trinajstić information content (AvgIpc) is 2.65. The van der Waals surface area contributed by atoms with Gasteiger partial charge in [0, 0.05) is 6.54 Å². The predicted octanol–water partition coefficient (Wildman–Crippen LogP) is 1.83. The number of aliphatic hydroxyl groups excluding tert-OH is 1. The highest BCUT2D eigenvalue weighted by Gasteiger charge is 2.36. The van der Waals surface area contributed by atoms with Gasteiger partial charge >= 0.3 is 0 Å². The number of imide groups is 1. The first-order valence-electron chi connectivity index (χ1n) is 6.80. The van der Waals surface area contributed by atoms with Crippen LogP contribution in [0, 0.1) is 5.92 Å². The summed E-state index contributed by atoms with van der Waals surface area (Å²) in [7, 11) is 0. The summed E-state index contributed by atoms with van der Waals surface area (Å²) in [5, 5.41) is 9.67. The largest absolute Gasteiger partial charge is 0.393 e. The molecule has 1 aliphatic carbocycles. The summed E-state index contributed by atoms with van der Waals surface area (Å²) in [6.45, 7) is 0.434. The van der Waals surface area contributed by atoms with Crippen LogP contribution in [0.1, 0.15) is 46.4 Å². The summed E-state index contributed by atoms with van der Waals surface area (Å²) in [6.07, 6.45) is 3.18. The zero-order chi connectivity index (χ0) is 13.4. The number of fused-ring (bicyclic) bond motifs is 1. The van der Waals surface area contributed by atoms with Crippen molar-refractivity contribution in [2.24, 2.45) is 5.92 Å². The Hall–Kier alpha value is -1.68. The van der Waals surface area contributed by atoms with Crippen molar-refractivity contribution in [3.8, 4) is 0 Å². The number of rotatable bonds is 2. The fraction of sp³-hybridized carbons (Fsp3) is 0.467. The van der Waals surface area contributed by atoms with Crippen molar-refractivity contribution in [2.45, 2.75) is 31.8 Å². The van der Waals surface area contributed by atoms with Gasteiger partial charge in [0.05, 0.1) is 17.2 Å². The second-order valence-corrected chi connectivity index (χ2v) is 5.45. The van der Waals surface area contributed by atoms with E-state index in [4.69, 9.17) is 0 Å². The summed E-state index contributed by atoms with van der Waals surface area (Å²) >= 11 is 0. The number of carbonyl (C=O) groups excluding carboxylic acids is 2. The first kappa shape index (κ1) is 12.4.